The highest BCUT2D eigenvalue weighted by Crippen LogP contribution is 2.32. The molecule has 1 unspecified atom stereocenters. The van der Waals surface area contributed by atoms with Crippen LogP contribution in [0.5, 0.6) is 11.5 Å². The van der Waals surface area contributed by atoms with Crippen molar-refractivity contribution in [1.82, 2.24) is 10.3 Å². The summed E-state index contributed by atoms with van der Waals surface area (Å²) in [5, 5.41) is 29.8. The average molecular weight is 491 g/mol. The lowest BCUT2D eigenvalue weighted by atomic mass is 10.1. The van der Waals surface area contributed by atoms with Crippen molar-refractivity contribution in [3.05, 3.63) is 58.2 Å². The predicted molar refractivity (Wildman–Crippen MR) is 110 cm³/mol. The van der Waals surface area contributed by atoms with Gasteiger partial charge in [-0.15, -0.1) is 0 Å². The fraction of sp³-hybridized carbons (Fsp3) is 0.100. The maximum atomic E-state index is 12.6. The second-order valence-electron chi connectivity index (χ2n) is 6.43. The normalized spacial score (nSPS) is 11.6. The Bertz CT molecular complexity index is 1190. The number of phenolic OH excluding ortho intramolecular Hbond substituents is 1. The van der Waals surface area contributed by atoms with Crippen molar-refractivity contribution in [2.75, 3.05) is 0 Å². The number of fused-ring (bicyclic) bond motifs is 1. The minimum atomic E-state index is -1.61. The first kappa shape index (κ1) is 21.8. The zero-order valence-corrected chi connectivity index (χ0v) is 17.2. The molecule has 0 fully saturated rings. The minimum Gasteiger partial charge on any atom is -0.508 e. The number of nitrogens with one attached hydrogen (secondary N) is 2. The number of benzene rings is 2. The van der Waals surface area contributed by atoms with Crippen LogP contribution in [0.2, 0.25) is 0 Å². The summed E-state index contributed by atoms with van der Waals surface area (Å²) in [5.74, 6) is -4.28. The van der Waals surface area contributed by atoms with E-state index in [-0.39, 0.29) is 22.6 Å². The number of halogens is 1. The number of amides is 1. The van der Waals surface area contributed by atoms with Crippen molar-refractivity contribution in [1.29, 1.82) is 0 Å². The molecule has 0 bridgehead atoms. The van der Waals surface area contributed by atoms with Gasteiger partial charge in [0.2, 0.25) is 0 Å². The third kappa shape index (κ3) is 5.01. The summed E-state index contributed by atoms with van der Waals surface area (Å²) < 4.78 is 5.78. The summed E-state index contributed by atoms with van der Waals surface area (Å²) >= 11 is 3.28. The Morgan fingerprint density at radius 2 is 1.77 bits per heavy atom. The molecule has 31 heavy (non-hydrogen) atoms. The van der Waals surface area contributed by atoms with Crippen LogP contribution in [0.1, 0.15) is 27.1 Å². The van der Waals surface area contributed by atoms with Crippen LogP contribution in [-0.2, 0) is 9.59 Å². The molecule has 0 aliphatic rings. The Morgan fingerprint density at radius 3 is 2.39 bits per heavy atom. The first-order valence-corrected chi connectivity index (χ1v) is 9.52. The minimum absolute atomic E-state index is 0.00955. The number of aromatic hydroxyl groups is 1. The molecule has 0 radical (unpaired) electrons. The summed E-state index contributed by atoms with van der Waals surface area (Å²) in [6.07, 6.45) is 0.544. The molecular weight excluding hydrogens is 476 g/mol. The van der Waals surface area contributed by atoms with Crippen LogP contribution in [0, 0.1) is 0 Å². The maximum Gasteiger partial charge on any atom is 0.343 e. The number of esters is 1. The van der Waals surface area contributed by atoms with Crippen molar-refractivity contribution < 1.29 is 39.2 Å². The molecule has 160 valence electrons. The van der Waals surface area contributed by atoms with Crippen LogP contribution in [0.4, 0.5) is 0 Å². The number of hydrogen-bond acceptors (Lipinski definition) is 6. The fourth-order valence-corrected chi connectivity index (χ4v) is 3.18. The third-order valence-electron chi connectivity index (χ3n) is 4.27. The molecule has 0 saturated carbocycles. The fourth-order valence-electron chi connectivity index (χ4n) is 2.76. The summed E-state index contributed by atoms with van der Waals surface area (Å²) in [5.41, 5.74) is 0.724. The SMILES string of the molecule is O=C(O)CC(NC(=O)c1c[nH]c2cc(Br)c(OC(=O)c3ccc(O)cc3)cc12)C(=O)O. The number of hydrogen-bond donors (Lipinski definition) is 5. The molecule has 10 nitrogen and oxygen atoms in total. The second kappa shape index (κ2) is 8.88. The van der Waals surface area contributed by atoms with Gasteiger partial charge in [0.05, 0.1) is 22.0 Å². The predicted octanol–water partition coefficient (Wildman–Crippen LogP) is 2.51. The molecule has 0 spiro atoms. The number of aromatic nitrogens is 1. The molecule has 1 heterocycles. The van der Waals surface area contributed by atoms with Crippen molar-refractivity contribution in [3.8, 4) is 11.5 Å². The van der Waals surface area contributed by atoms with E-state index in [0.29, 0.717) is 15.4 Å². The molecule has 3 rings (SSSR count). The number of carbonyl (C=O) groups excluding carboxylic acids is 2. The van der Waals surface area contributed by atoms with Gasteiger partial charge in [-0.1, -0.05) is 0 Å². The van der Waals surface area contributed by atoms with Gasteiger partial charge in [-0.05, 0) is 52.3 Å². The van der Waals surface area contributed by atoms with Gasteiger partial charge in [0, 0.05) is 17.1 Å². The molecule has 1 amide bonds. The largest absolute Gasteiger partial charge is 0.508 e. The number of aliphatic carboxylic acids is 2. The van der Waals surface area contributed by atoms with Gasteiger partial charge in [-0.3, -0.25) is 9.59 Å². The first-order chi connectivity index (χ1) is 14.7. The molecule has 0 aliphatic heterocycles. The molecule has 0 aliphatic carbocycles. The zero-order valence-electron chi connectivity index (χ0n) is 15.6. The Kier molecular flexibility index (Phi) is 6.25. The molecule has 2 aromatic carbocycles. The Balaban J connectivity index is 1.88. The molecule has 5 N–H and O–H groups in total. The van der Waals surface area contributed by atoms with Crippen LogP contribution in [-0.4, -0.2) is 50.2 Å². The van der Waals surface area contributed by atoms with Gasteiger partial charge >= 0.3 is 17.9 Å². The quantitative estimate of drug-likeness (QED) is 0.248. The summed E-state index contributed by atoms with van der Waals surface area (Å²) in [6, 6.07) is 6.80. The Labute approximate surface area is 182 Å². The van der Waals surface area contributed by atoms with Crippen molar-refractivity contribution in [2.45, 2.75) is 12.5 Å². The van der Waals surface area contributed by atoms with Crippen LogP contribution in [0.3, 0.4) is 0 Å². The van der Waals surface area contributed by atoms with Crippen molar-refractivity contribution in [3.63, 3.8) is 0 Å². The van der Waals surface area contributed by atoms with E-state index in [9.17, 15) is 24.3 Å². The van der Waals surface area contributed by atoms with Gasteiger partial charge < -0.3 is 30.4 Å². The lowest BCUT2D eigenvalue weighted by Gasteiger charge is -2.12. The maximum absolute atomic E-state index is 12.6. The standard InChI is InChI=1S/C20H15BrN2O8/c21-13-6-14-11(5-16(13)31-20(30)9-1-3-10(24)4-2-9)12(8-22-14)18(27)23-15(19(28)29)7-17(25)26/h1-6,8,15,22,24H,7H2,(H,23,27)(H,25,26)(H,28,29). The number of ether oxygens (including phenoxy) is 1. The highest BCUT2D eigenvalue weighted by molar-refractivity contribution is 9.10. The summed E-state index contributed by atoms with van der Waals surface area (Å²) in [7, 11) is 0. The van der Waals surface area contributed by atoms with Gasteiger partial charge in [-0.25, -0.2) is 9.59 Å². The average Bonchev–Trinajstić information content (AvgIpc) is 3.10. The topological polar surface area (TPSA) is 166 Å². The number of phenols is 1. The molecule has 3 aromatic rings. The zero-order chi connectivity index (χ0) is 22.7. The number of aromatic amines is 1. The van der Waals surface area contributed by atoms with Crippen molar-refractivity contribution >= 4 is 50.6 Å². The number of carboxylic acids is 2. The van der Waals surface area contributed by atoms with E-state index in [1.54, 1.807) is 6.07 Å². The summed E-state index contributed by atoms with van der Waals surface area (Å²) in [4.78, 5) is 49.8. The lowest BCUT2D eigenvalue weighted by Crippen LogP contribution is -2.42. The number of carboxylic acid groups (broad SMARTS) is 2. The van der Waals surface area contributed by atoms with E-state index >= 15 is 0 Å². The van der Waals surface area contributed by atoms with Crippen LogP contribution < -0.4 is 10.1 Å². The van der Waals surface area contributed by atoms with E-state index in [1.165, 1.54) is 36.5 Å². The highest BCUT2D eigenvalue weighted by atomic mass is 79.9. The molecule has 0 saturated heterocycles. The summed E-state index contributed by atoms with van der Waals surface area (Å²) in [6.45, 7) is 0. The van der Waals surface area contributed by atoms with Gasteiger partial charge in [0.15, 0.2) is 0 Å². The van der Waals surface area contributed by atoms with E-state index < -0.39 is 36.3 Å². The van der Waals surface area contributed by atoms with Crippen molar-refractivity contribution in [2.24, 2.45) is 0 Å². The Morgan fingerprint density at radius 1 is 1.10 bits per heavy atom. The van der Waals surface area contributed by atoms with E-state index in [1.807, 2.05) is 0 Å². The molecule has 1 aromatic heterocycles. The molecule has 11 heteroatoms. The Hall–Kier alpha value is -3.86. The lowest BCUT2D eigenvalue weighted by molar-refractivity contribution is -0.145. The number of H-pyrrole nitrogens is 1. The third-order valence-corrected chi connectivity index (χ3v) is 4.89. The number of rotatable bonds is 7. The van der Waals surface area contributed by atoms with Crippen LogP contribution in [0.15, 0.2) is 47.1 Å². The second-order valence-corrected chi connectivity index (χ2v) is 7.28. The molecule has 1 atom stereocenters. The highest BCUT2D eigenvalue weighted by Gasteiger charge is 2.25. The monoisotopic (exact) mass is 490 g/mol. The number of carbonyl (C=O) groups is 4. The smallest absolute Gasteiger partial charge is 0.343 e. The first-order valence-electron chi connectivity index (χ1n) is 8.73. The van der Waals surface area contributed by atoms with Crippen LogP contribution in [0.25, 0.3) is 10.9 Å². The van der Waals surface area contributed by atoms with E-state index in [2.05, 4.69) is 26.2 Å². The van der Waals surface area contributed by atoms with Crippen LogP contribution >= 0.6 is 15.9 Å². The molecular formula is C20H15BrN2O8. The van der Waals surface area contributed by atoms with Gasteiger partial charge in [-0.2, -0.15) is 0 Å². The van der Waals surface area contributed by atoms with Gasteiger partial charge in [0.25, 0.3) is 5.91 Å². The van der Waals surface area contributed by atoms with E-state index in [0.717, 1.165) is 0 Å². The van der Waals surface area contributed by atoms with E-state index in [4.69, 9.17) is 14.9 Å². The van der Waals surface area contributed by atoms with Gasteiger partial charge in [0.1, 0.15) is 17.5 Å².